The van der Waals surface area contributed by atoms with Gasteiger partial charge in [0.05, 0.1) is 31.3 Å². The lowest BCUT2D eigenvalue weighted by Gasteiger charge is -2.26. The third-order valence-corrected chi connectivity index (χ3v) is 6.92. The smallest absolute Gasteiger partial charge is 0.243 e. The van der Waals surface area contributed by atoms with Gasteiger partial charge in [0.15, 0.2) is 5.11 Å². The van der Waals surface area contributed by atoms with Gasteiger partial charge >= 0.3 is 0 Å². The molecule has 0 saturated carbocycles. The number of benzene rings is 1. The molecule has 8 nitrogen and oxygen atoms in total. The second kappa shape index (κ2) is 10.5. The van der Waals surface area contributed by atoms with Crippen molar-refractivity contribution in [3.63, 3.8) is 0 Å². The number of sulfonamides is 1. The summed E-state index contributed by atoms with van der Waals surface area (Å²) < 4.78 is 37.3. The van der Waals surface area contributed by atoms with Gasteiger partial charge in [-0.3, -0.25) is 4.90 Å². The fraction of sp³-hybridized carbons (Fsp3) is 0.611. The summed E-state index contributed by atoms with van der Waals surface area (Å²) in [5, 5.41) is 6.82. The van der Waals surface area contributed by atoms with Crippen molar-refractivity contribution in [3.05, 3.63) is 24.3 Å². The molecule has 0 spiro atoms. The Labute approximate surface area is 172 Å². The standard InChI is InChI=1S/C18H28N4O4S2/c23-28(24,22-10-14-26-15-11-22)17-4-2-16(3-5-17)20-18(27)19-6-1-7-21-8-12-25-13-9-21/h2-5H,1,6-15H2,(H2,19,20,27). The quantitative estimate of drug-likeness (QED) is 0.486. The van der Waals surface area contributed by atoms with Crippen molar-refractivity contribution < 1.29 is 17.9 Å². The van der Waals surface area contributed by atoms with Crippen LogP contribution in [-0.4, -0.2) is 88.4 Å². The SMILES string of the molecule is O=S(=O)(c1ccc(NC(=S)NCCCN2CCOCC2)cc1)N1CCOCC1. The van der Waals surface area contributed by atoms with E-state index in [1.165, 1.54) is 4.31 Å². The van der Waals surface area contributed by atoms with Crippen LogP contribution in [0.4, 0.5) is 5.69 Å². The summed E-state index contributed by atoms with van der Waals surface area (Å²) in [4.78, 5) is 2.67. The van der Waals surface area contributed by atoms with E-state index >= 15 is 0 Å². The summed E-state index contributed by atoms with van der Waals surface area (Å²) in [5.41, 5.74) is 0.756. The highest BCUT2D eigenvalue weighted by molar-refractivity contribution is 7.89. The largest absolute Gasteiger partial charge is 0.379 e. The number of morpholine rings is 2. The van der Waals surface area contributed by atoms with Gasteiger partial charge in [0.1, 0.15) is 0 Å². The maximum Gasteiger partial charge on any atom is 0.243 e. The number of thiocarbonyl (C=S) groups is 1. The number of anilines is 1. The van der Waals surface area contributed by atoms with Gasteiger partial charge in [0.25, 0.3) is 0 Å². The number of nitrogens with one attached hydrogen (secondary N) is 2. The third kappa shape index (κ3) is 6.10. The van der Waals surface area contributed by atoms with E-state index < -0.39 is 10.0 Å². The van der Waals surface area contributed by atoms with Crippen molar-refractivity contribution in [1.82, 2.24) is 14.5 Å². The summed E-state index contributed by atoms with van der Waals surface area (Å²) in [6, 6.07) is 6.67. The highest BCUT2D eigenvalue weighted by Gasteiger charge is 2.26. The molecule has 0 atom stereocenters. The lowest BCUT2D eigenvalue weighted by molar-refractivity contribution is 0.0376. The van der Waals surface area contributed by atoms with Gasteiger partial charge in [0, 0.05) is 38.4 Å². The predicted octanol–water partition coefficient (Wildman–Crippen LogP) is 0.716. The Bertz CT molecular complexity index is 730. The molecule has 2 aliphatic rings. The van der Waals surface area contributed by atoms with Crippen LogP contribution in [0.25, 0.3) is 0 Å². The molecule has 0 amide bonds. The molecule has 0 bridgehead atoms. The summed E-state index contributed by atoms with van der Waals surface area (Å²) in [6.45, 7) is 7.05. The van der Waals surface area contributed by atoms with Crippen LogP contribution in [-0.2, 0) is 19.5 Å². The molecular formula is C18H28N4O4S2. The summed E-state index contributed by atoms with van der Waals surface area (Å²) in [6.07, 6.45) is 0.999. The van der Waals surface area contributed by atoms with Crippen LogP contribution in [0.1, 0.15) is 6.42 Å². The van der Waals surface area contributed by atoms with Crippen molar-refractivity contribution in [1.29, 1.82) is 0 Å². The maximum atomic E-state index is 12.6. The number of rotatable bonds is 7. The van der Waals surface area contributed by atoms with Gasteiger partial charge in [-0.15, -0.1) is 0 Å². The average Bonchev–Trinajstić information content (AvgIpc) is 2.73. The number of nitrogens with zero attached hydrogens (tertiary/aromatic N) is 2. The Morgan fingerprint density at radius 1 is 1.00 bits per heavy atom. The fourth-order valence-corrected chi connectivity index (χ4v) is 4.78. The average molecular weight is 429 g/mol. The van der Waals surface area contributed by atoms with E-state index in [4.69, 9.17) is 21.7 Å². The molecule has 2 saturated heterocycles. The number of ether oxygens (including phenoxy) is 2. The van der Waals surface area contributed by atoms with E-state index in [1.807, 2.05) is 0 Å². The molecule has 1 aromatic rings. The summed E-state index contributed by atoms with van der Waals surface area (Å²) in [7, 11) is -3.47. The minimum atomic E-state index is -3.47. The van der Waals surface area contributed by atoms with E-state index in [0.29, 0.717) is 31.4 Å². The van der Waals surface area contributed by atoms with Crippen molar-refractivity contribution in [2.75, 3.05) is 71.0 Å². The zero-order valence-electron chi connectivity index (χ0n) is 15.9. The molecule has 3 rings (SSSR count). The maximum absolute atomic E-state index is 12.6. The molecule has 0 unspecified atom stereocenters. The second-order valence-electron chi connectivity index (χ2n) is 6.73. The highest BCUT2D eigenvalue weighted by Crippen LogP contribution is 2.19. The lowest BCUT2D eigenvalue weighted by Crippen LogP contribution is -2.40. The van der Waals surface area contributed by atoms with Crippen molar-refractivity contribution in [2.24, 2.45) is 0 Å². The zero-order valence-corrected chi connectivity index (χ0v) is 17.6. The van der Waals surface area contributed by atoms with Gasteiger partial charge in [-0.2, -0.15) is 4.31 Å². The predicted molar refractivity (Wildman–Crippen MR) is 112 cm³/mol. The van der Waals surface area contributed by atoms with E-state index in [1.54, 1.807) is 24.3 Å². The van der Waals surface area contributed by atoms with Crippen LogP contribution < -0.4 is 10.6 Å². The van der Waals surface area contributed by atoms with Gasteiger partial charge in [-0.25, -0.2) is 8.42 Å². The number of hydrogen-bond donors (Lipinski definition) is 2. The van der Waals surface area contributed by atoms with Gasteiger partial charge in [-0.05, 0) is 49.4 Å². The van der Waals surface area contributed by atoms with Crippen LogP contribution in [0.5, 0.6) is 0 Å². The zero-order chi connectivity index (χ0) is 19.8. The molecule has 2 aliphatic heterocycles. The van der Waals surface area contributed by atoms with E-state index in [2.05, 4.69) is 15.5 Å². The van der Waals surface area contributed by atoms with E-state index in [9.17, 15) is 8.42 Å². The Balaban J connectivity index is 1.42. The Kier molecular flexibility index (Phi) is 8.00. The Hall–Kier alpha value is -1.30. The monoisotopic (exact) mass is 428 g/mol. The molecule has 28 heavy (non-hydrogen) atoms. The summed E-state index contributed by atoms with van der Waals surface area (Å²) in [5.74, 6) is 0. The molecule has 156 valence electrons. The van der Waals surface area contributed by atoms with E-state index in [0.717, 1.165) is 51.5 Å². The van der Waals surface area contributed by atoms with E-state index in [-0.39, 0.29) is 4.90 Å². The molecule has 0 aliphatic carbocycles. The fourth-order valence-electron chi connectivity index (χ4n) is 3.15. The molecule has 10 heteroatoms. The first-order valence-corrected chi connectivity index (χ1v) is 11.4. The topological polar surface area (TPSA) is 83.1 Å². The first-order chi connectivity index (χ1) is 13.6. The van der Waals surface area contributed by atoms with Crippen molar-refractivity contribution in [3.8, 4) is 0 Å². The molecule has 0 aromatic heterocycles. The third-order valence-electron chi connectivity index (χ3n) is 4.76. The molecule has 0 radical (unpaired) electrons. The highest BCUT2D eigenvalue weighted by atomic mass is 32.2. The van der Waals surface area contributed by atoms with Crippen LogP contribution in [0.15, 0.2) is 29.2 Å². The Morgan fingerprint density at radius 3 is 2.25 bits per heavy atom. The van der Waals surface area contributed by atoms with Crippen LogP contribution in [0.3, 0.4) is 0 Å². The van der Waals surface area contributed by atoms with Crippen LogP contribution in [0.2, 0.25) is 0 Å². The normalized spacial score (nSPS) is 19.3. The molecule has 1 aromatic carbocycles. The second-order valence-corrected chi connectivity index (χ2v) is 9.08. The van der Waals surface area contributed by atoms with Crippen LogP contribution in [0, 0.1) is 0 Å². The first kappa shape index (κ1) is 21.4. The minimum absolute atomic E-state index is 0.282. The molecule has 2 heterocycles. The van der Waals surface area contributed by atoms with Crippen molar-refractivity contribution >= 4 is 33.0 Å². The molecular weight excluding hydrogens is 400 g/mol. The van der Waals surface area contributed by atoms with Crippen LogP contribution >= 0.6 is 12.2 Å². The molecule has 2 N–H and O–H groups in total. The van der Waals surface area contributed by atoms with Gasteiger partial charge in [-0.1, -0.05) is 0 Å². The first-order valence-electron chi connectivity index (χ1n) is 9.58. The van der Waals surface area contributed by atoms with Gasteiger partial charge < -0.3 is 20.1 Å². The summed E-state index contributed by atoms with van der Waals surface area (Å²) >= 11 is 5.32. The number of hydrogen-bond acceptors (Lipinski definition) is 6. The van der Waals surface area contributed by atoms with Gasteiger partial charge in [0.2, 0.25) is 10.0 Å². The lowest BCUT2D eigenvalue weighted by atomic mass is 10.3. The Morgan fingerprint density at radius 2 is 1.61 bits per heavy atom. The van der Waals surface area contributed by atoms with Crippen molar-refractivity contribution in [2.45, 2.75) is 11.3 Å². The molecule has 2 fully saturated rings. The minimum Gasteiger partial charge on any atom is -0.379 e.